The molecule has 0 fully saturated rings. The van der Waals surface area contributed by atoms with Gasteiger partial charge in [0.2, 0.25) is 0 Å². The number of benzene rings is 3. The Morgan fingerprint density at radius 3 is 2.25 bits per heavy atom. The quantitative estimate of drug-likeness (QED) is 0.394. The van der Waals surface area contributed by atoms with E-state index in [1.165, 1.54) is 17.7 Å². The Morgan fingerprint density at radius 1 is 0.906 bits per heavy atom. The monoisotopic (exact) mass is 446 g/mol. The lowest BCUT2D eigenvalue weighted by atomic mass is 10.1. The molecule has 32 heavy (non-hydrogen) atoms. The molecule has 0 atom stereocenters. The zero-order chi connectivity index (χ0) is 22.5. The number of amides is 1. The Balaban J connectivity index is 1.37. The van der Waals surface area contributed by atoms with Crippen LogP contribution >= 0.6 is 11.8 Å². The van der Waals surface area contributed by atoms with E-state index >= 15 is 0 Å². The highest BCUT2D eigenvalue weighted by atomic mass is 32.2. The van der Waals surface area contributed by atoms with Crippen molar-refractivity contribution in [2.75, 3.05) is 0 Å². The van der Waals surface area contributed by atoms with Gasteiger partial charge in [-0.3, -0.25) is 9.36 Å². The molecule has 1 N–H and O–H groups in total. The summed E-state index contributed by atoms with van der Waals surface area (Å²) in [4.78, 5) is 12.4. The summed E-state index contributed by atoms with van der Waals surface area (Å²) in [5, 5.41) is 12.2. The molecule has 0 aliphatic heterocycles. The third-order valence-electron chi connectivity index (χ3n) is 5.04. The lowest BCUT2D eigenvalue weighted by Crippen LogP contribution is -2.22. The van der Waals surface area contributed by atoms with E-state index in [9.17, 15) is 9.18 Å². The van der Waals surface area contributed by atoms with E-state index in [1.54, 1.807) is 23.9 Å². The second-order valence-electron chi connectivity index (χ2n) is 7.50. The first-order valence-electron chi connectivity index (χ1n) is 10.2. The molecule has 4 aromatic rings. The van der Waals surface area contributed by atoms with Crippen LogP contribution in [0.1, 0.15) is 32.9 Å². The van der Waals surface area contributed by atoms with E-state index in [1.807, 2.05) is 35.8 Å². The third-order valence-corrected chi connectivity index (χ3v) is 6.04. The van der Waals surface area contributed by atoms with Gasteiger partial charge in [-0.1, -0.05) is 53.7 Å². The smallest absolute Gasteiger partial charge is 0.251 e. The highest BCUT2D eigenvalue weighted by Crippen LogP contribution is 2.25. The van der Waals surface area contributed by atoms with Crippen LogP contribution in [0.4, 0.5) is 4.39 Å². The number of thioether (sulfide) groups is 1. The first kappa shape index (κ1) is 21.8. The number of halogens is 1. The van der Waals surface area contributed by atoms with E-state index in [4.69, 9.17) is 0 Å². The Bertz CT molecular complexity index is 1200. The molecule has 0 bridgehead atoms. The van der Waals surface area contributed by atoms with Gasteiger partial charge in [-0.25, -0.2) is 4.39 Å². The number of aryl methyl sites for hydroxylation is 2. The number of nitrogens with one attached hydrogen (secondary N) is 1. The van der Waals surface area contributed by atoms with Gasteiger partial charge >= 0.3 is 0 Å². The molecule has 1 aromatic heterocycles. The van der Waals surface area contributed by atoms with Crippen LogP contribution in [0.5, 0.6) is 0 Å². The van der Waals surface area contributed by atoms with Gasteiger partial charge in [-0.2, -0.15) is 0 Å². The lowest BCUT2D eigenvalue weighted by molar-refractivity contribution is 0.0951. The van der Waals surface area contributed by atoms with Crippen molar-refractivity contribution in [3.05, 3.63) is 107 Å². The summed E-state index contributed by atoms with van der Waals surface area (Å²) in [6, 6.07) is 21.9. The first-order chi connectivity index (χ1) is 15.5. The van der Waals surface area contributed by atoms with Crippen LogP contribution in [-0.4, -0.2) is 20.7 Å². The average molecular weight is 447 g/mol. The first-order valence-corrected chi connectivity index (χ1v) is 11.2. The van der Waals surface area contributed by atoms with Gasteiger partial charge in [0.25, 0.3) is 5.91 Å². The summed E-state index contributed by atoms with van der Waals surface area (Å²) >= 11 is 1.60. The van der Waals surface area contributed by atoms with Crippen LogP contribution in [0.15, 0.2) is 78.0 Å². The molecular weight excluding hydrogens is 423 g/mol. The number of aromatic nitrogens is 3. The molecule has 1 heterocycles. The minimum atomic E-state index is -0.291. The van der Waals surface area contributed by atoms with Gasteiger partial charge in [0.1, 0.15) is 11.6 Å². The van der Waals surface area contributed by atoms with Gasteiger partial charge < -0.3 is 5.32 Å². The summed E-state index contributed by atoms with van der Waals surface area (Å²) in [5.74, 6) is 1.09. The summed E-state index contributed by atoms with van der Waals surface area (Å²) in [5.41, 5.74) is 4.76. The number of carbonyl (C=O) groups is 1. The largest absolute Gasteiger partial charge is 0.348 e. The van der Waals surface area contributed by atoms with Crippen molar-refractivity contribution >= 4 is 17.7 Å². The standard InChI is InChI=1S/C25H23FN4OS/c1-17-3-13-23(14-4-17)30-18(2)28-29-25(30)32-16-20-5-9-21(10-6-20)24(31)27-15-19-7-11-22(26)12-8-19/h3-14H,15-16H2,1-2H3,(H,27,31). The Kier molecular flexibility index (Phi) is 6.66. The molecule has 0 radical (unpaired) electrons. The van der Waals surface area contributed by atoms with Crippen LogP contribution in [0.3, 0.4) is 0 Å². The third kappa shape index (κ3) is 5.23. The zero-order valence-corrected chi connectivity index (χ0v) is 18.7. The van der Waals surface area contributed by atoms with Crippen molar-refractivity contribution in [2.24, 2.45) is 0 Å². The Hall–Kier alpha value is -3.45. The minimum Gasteiger partial charge on any atom is -0.348 e. The van der Waals surface area contributed by atoms with E-state index < -0.39 is 0 Å². The Labute approximate surface area is 190 Å². The van der Waals surface area contributed by atoms with Gasteiger partial charge in [0, 0.05) is 23.5 Å². The molecule has 0 aliphatic carbocycles. The van der Waals surface area contributed by atoms with Crippen molar-refractivity contribution in [3.8, 4) is 5.69 Å². The SMILES string of the molecule is Cc1ccc(-n2c(C)nnc2SCc2ccc(C(=O)NCc3ccc(F)cc3)cc2)cc1. The van der Waals surface area contributed by atoms with Crippen molar-refractivity contribution in [2.45, 2.75) is 31.3 Å². The van der Waals surface area contributed by atoms with Gasteiger partial charge in [-0.15, -0.1) is 10.2 Å². The second kappa shape index (κ2) is 9.78. The van der Waals surface area contributed by atoms with Crippen LogP contribution < -0.4 is 5.32 Å². The Morgan fingerprint density at radius 2 is 1.56 bits per heavy atom. The van der Waals surface area contributed by atoms with Crippen LogP contribution in [0, 0.1) is 19.7 Å². The molecular formula is C25H23FN4OS. The average Bonchev–Trinajstić information content (AvgIpc) is 3.18. The molecule has 7 heteroatoms. The predicted molar refractivity (Wildman–Crippen MR) is 124 cm³/mol. The van der Waals surface area contributed by atoms with Crippen molar-refractivity contribution < 1.29 is 9.18 Å². The number of nitrogens with zero attached hydrogens (tertiary/aromatic N) is 3. The summed E-state index contributed by atoms with van der Waals surface area (Å²) in [6.07, 6.45) is 0. The van der Waals surface area contributed by atoms with Crippen molar-refractivity contribution in [1.29, 1.82) is 0 Å². The normalized spacial score (nSPS) is 10.8. The molecule has 0 aliphatic rings. The van der Waals surface area contributed by atoms with E-state index in [-0.39, 0.29) is 11.7 Å². The molecule has 0 saturated heterocycles. The fourth-order valence-electron chi connectivity index (χ4n) is 3.21. The zero-order valence-electron chi connectivity index (χ0n) is 17.9. The maximum Gasteiger partial charge on any atom is 0.251 e. The van der Waals surface area contributed by atoms with Crippen LogP contribution in [0.25, 0.3) is 5.69 Å². The fraction of sp³-hybridized carbons (Fsp3) is 0.160. The van der Waals surface area contributed by atoms with Gasteiger partial charge in [-0.05, 0) is 61.4 Å². The van der Waals surface area contributed by atoms with Gasteiger partial charge in [0.05, 0.1) is 0 Å². The highest BCUT2D eigenvalue weighted by Gasteiger charge is 2.12. The molecule has 4 rings (SSSR count). The number of hydrogen-bond donors (Lipinski definition) is 1. The molecule has 162 valence electrons. The number of hydrogen-bond acceptors (Lipinski definition) is 4. The summed E-state index contributed by atoms with van der Waals surface area (Å²) < 4.78 is 15.0. The predicted octanol–water partition coefficient (Wildman–Crippen LogP) is 5.25. The summed E-state index contributed by atoms with van der Waals surface area (Å²) in [6.45, 7) is 4.35. The number of carbonyl (C=O) groups excluding carboxylic acids is 1. The van der Waals surface area contributed by atoms with E-state index in [0.717, 1.165) is 27.8 Å². The topological polar surface area (TPSA) is 59.8 Å². The van der Waals surface area contributed by atoms with Crippen LogP contribution in [0.2, 0.25) is 0 Å². The minimum absolute atomic E-state index is 0.164. The molecule has 5 nitrogen and oxygen atoms in total. The molecule has 0 unspecified atom stereocenters. The lowest BCUT2D eigenvalue weighted by Gasteiger charge is -2.09. The highest BCUT2D eigenvalue weighted by molar-refractivity contribution is 7.98. The second-order valence-corrected chi connectivity index (χ2v) is 8.44. The molecule has 0 saturated carbocycles. The molecule has 0 spiro atoms. The maximum absolute atomic E-state index is 13.0. The molecule has 1 amide bonds. The molecule has 3 aromatic carbocycles. The van der Waals surface area contributed by atoms with Crippen molar-refractivity contribution in [1.82, 2.24) is 20.1 Å². The van der Waals surface area contributed by atoms with Crippen molar-refractivity contribution in [3.63, 3.8) is 0 Å². The number of rotatable bonds is 7. The maximum atomic E-state index is 13.0. The summed E-state index contributed by atoms with van der Waals surface area (Å²) in [7, 11) is 0. The van der Waals surface area contributed by atoms with E-state index in [2.05, 4.69) is 46.7 Å². The fourth-order valence-corrected chi connectivity index (χ4v) is 4.17. The van der Waals surface area contributed by atoms with Crippen LogP contribution in [-0.2, 0) is 12.3 Å². The van der Waals surface area contributed by atoms with Gasteiger partial charge in [0.15, 0.2) is 5.16 Å². The van der Waals surface area contributed by atoms with E-state index in [0.29, 0.717) is 17.9 Å².